The molecule has 0 aliphatic carbocycles. The Labute approximate surface area is 126 Å². The Morgan fingerprint density at radius 3 is 2.65 bits per heavy atom. The molecule has 2 aliphatic rings. The van der Waals surface area contributed by atoms with E-state index in [1.54, 1.807) is 12.1 Å². The van der Waals surface area contributed by atoms with E-state index in [2.05, 4.69) is 42.0 Å². The summed E-state index contributed by atoms with van der Waals surface area (Å²) < 4.78 is 5.52. The van der Waals surface area contributed by atoms with E-state index in [-0.39, 0.29) is 5.72 Å². The number of hydrogen-bond donors (Lipinski definition) is 1. The van der Waals surface area contributed by atoms with Crippen molar-refractivity contribution < 1.29 is 4.84 Å². The third-order valence-electron chi connectivity index (χ3n) is 4.24. The number of hydrogen-bond acceptors (Lipinski definition) is 4. The number of nitrogens with one attached hydrogen (secondary N) is 1. The van der Waals surface area contributed by atoms with Crippen molar-refractivity contribution in [1.82, 2.24) is 9.19 Å². The standard InChI is InChI=1S/C16H24N2OS/c1-2-3-4-5-6-10-13-15-16(18(19-16)20-17-15)14-11-8-7-9-12-14/h7-9,11-12,15,17H,2-6,10,13H2,1H3. The van der Waals surface area contributed by atoms with Gasteiger partial charge < -0.3 is 0 Å². The Hall–Kier alpha value is -0.550. The van der Waals surface area contributed by atoms with Crippen molar-refractivity contribution >= 4 is 12.1 Å². The van der Waals surface area contributed by atoms with Gasteiger partial charge in [-0.3, -0.25) is 4.84 Å². The SMILES string of the molecule is CCCCCCCCC1NSN2OC12c1ccccc1. The van der Waals surface area contributed by atoms with Gasteiger partial charge in [-0.05, 0) is 6.42 Å². The van der Waals surface area contributed by atoms with Crippen LogP contribution < -0.4 is 4.72 Å². The van der Waals surface area contributed by atoms with E-state index in [0.717, 1.165) is 0 Å². The molecule has 20 heavy (non-hydrogen) atoms. The third-order valence-corrected chi connectivity index (χ3v) is 5.15. The Bertz CT molecular complexity index is 428. The van der Waals surface area contributed by atoms with Crippen molar-refractivity contribution in [3.63, 3.8) is 0 Å². The van der Waals surface area contributed by atoms with Gasteiger partial charge in [0.05, 0.1) is 6.04 Å². The van der Waals surface area contributed by atoms with Crippen molar-refractivity contribution in [2.45, 2.75) is 63.6 Å². The van der Waals surface area contributed by atoms with Gasteiger partial charge in [-0.1, -0.05) is 80.2 Å². The molecule has 2 fully saturated rings. The minimum absolute atomic E-state index is 0.199. The van der Waals surface area contributed by atoms with Crippen LogP contribution in [0.1, 0.15) is 57.4 Å². The van der Waals surface area contributed by atoms with Gasteiger partial charge in [0, 0.05) is 17.7 Å². The smallest absolute Gasteiger partial charge is 0.219 e. The maximum absolute atomic E-state index is 5.87. The van der Waals surface area contributed by atoms with Crippen LogP contribution in [0.25, 0.3) is 0 Å². The number of benzene rings is 1. The minimum atomic E-state index is -0.199. The molecule has 3 nitrogen and oxygen atoms in total. The number of rotatable bonds is 8. The molecule has 0 spiro atoms. The zero-order valence-corrected chi connectivity index (χ0v) is 13.0. The van der Waals surface area contributed by atoms with Crippen LogP contribution in [0, 0.1) is 0 Å². The lowest BCUT2D eigenvalue weighted by Gasteiger charge is -2.18. The van der Waals surface area contributed by atoms with Crippen LogP contribution in [0.3, 0.4) is 0 Å². The van der Waals surface area contributed by atoms with Gasteiger partial charge >= 0.3 is 0 Å². The summed E-state index contributed by atoms with van der Waals surface area (Å²) in [4.78, 5) is 5.87. The first kappa shape index (κ1) is 14.4. The van der Waals surface area contributed by atoms with Crippen molar-refractivity contribution in [1.29, 1.82) is 0 Å². The Balaban J connectivity index is 1.50. The summed E-state index contributed by atoms with van der Waals surface area (Å²) in [6.07, 6.45) is 9.27. The molecule has 0 saturated carbocycles. The highest BCUT2D eigenvalue weighted by Crippen LogP contribution is 2.57. The van der Waals surface area contributed by atoms with Gasteiger partial charge in [0.1, 0.15) is 0 Å². The van der Waals surface area contributed by atoms with E-state index >= 15 is 0 Å². The third kappa shape index (κ3) is 2.75. The normalized spacial score (nSPS) is 31.2. The van der Waals surface area contributed by atoms with Crippen LogP contribution in [0.4, 0.5) is 0 Å². The van der Waals surface area contributed by atoms with Gasteiger partial charge in [0.25, 0.3) is 0 Å². The zero-order chi connectivity index (χ0) is 13.8. The minimum Gasteiger partial charge on any atom is -0.251 e. The van der Waals surface area contributed by atoms with E-state index < -0.39 is 0 Å². The first-order chi connectivity index (χ1) is 9.88. The second-order valence-electron chi connectivity index (χ2n) is 5.73. The number of hydroxylamine groups is 1. The number of unbranched alkanes of at least 4 members (excludes halogenated alkanes) is 5. The lowest BCUT2D eigenvalue weighted by molar-refractivity contribution is 0.217. The van der Waals surface area contributed by atoms with Crippen molar-refractivity contribution in [3.8, 4) is 0 Å². The van der Waals surface area contributed by atoms with Gasteiger partial charge in [0.2, 0.25) is 5.72 Å². The summed E-state index contributed by atoms with van der Waals surface area (Å²) in [5.41, 5.74) is 1.07. The van der Waals surface area contributed by atoms with E-state index in [0.29, 0.717) is 6.04 Å². The molecule has 2 saturated heterocycles. The molecule has 3 atom stereocenters. The van der Waals surface area contributed by atoms with Gasteiger partial charge in [-0.15, -0.1) is 0 Å². The average Bonchev–Trinajstić information content (AvgIpc) is 3.13. The van der Waals surface area contributed by atoms with Crippen LogP contribution in [0.15, 0.2) is 30.3 Å². The molecule has 1 aromatic rings. The molecule has 0 bridgehead atoms. The van der Waals surface area contributed by atoms with Crippen molar-refractivity contribution in [2.24, 2.45) is 0 Å². The summed E-state index contributed by atoms with van der Waals surface area (Å²) in [5.74, 6) is 0. The molecule has 110 valence electrons. The second-order valence-corrected chi connectivity index (χ2v) is 6.48. The first-order valence-corrected chi connectivity index (χ1v) is 8.62. The second kappa shape index (κ2) is 6.48. The molecule has 2 aliphatic heterocycles. The summed E-state index contributed by atoms with van der Waals surface area (Å²) in [7, 11) is 0. The predicted molar refractivity (Wildman–Crippen MR) is 83.6 cm³/mol. The summed E-state index contributed by atoms with van der Waals surface area (Å²) in [6, 6.07) is 11.0. The highest BCUT2D eigenvalue weighted by molar-refractivity contribution is 7.95. The predicted octanol–water partition coefficient (Wildman–Crippen LogP) is 4.37. The largest absolute Gasteiger partial charge is 0.251 e. The fraction of sp³-hybridized carbons (Fsp3) is 0.625. The molecule has 2 heterocycles. The Kier molecular flexibility index (Phi) is 4.66. The molecule has 3 unspecified atom stereocenters. The molecule has 1 aromatic carbocycles. The first-order valence-electron chi connectivity index (χ1n) is 7.85. The molecule has 4 heteroatoms. The van der Waals surface area contributed by atoms with Crippen LogP contribution >= 0.6 is 12.1 Å². The van der Waals surface area contributed by atoms with Crippen LogP contribution in [-0.4, -0.2) is 10.5 Å². The van der Waals surface area contributed by atoms with E-state index in [1.165, 1.54) is 50.5 Å². The average molecular weight is 292 g/mol. The monoisotopic (exact) mass is 292 g/mol. The summed E-state index contributed by atoms with van der Waals surface area (Å²) in [5, 5.41) is 0. The fourth-order valence-corrected chi connectivity index (χ4v) is 4.01. The van der Waals surface area contributed by atoms with Crippen LogP contribution in [0.2, 0.25) is 0 Å². The Morgan fingerprint density at radius 1 is 1.15 bits per heavy atom. The summed E-state index contributed by atoms with van der Waals surface area (Å²) in [6.45, 7) is 2.27. The van der Waals surface area contributed by atoms with E-state index in [9.17, 15) is 0 Å². The molecule has 0 radical (unpaired) electrons. The van der Waals surface area contributed by atoms with Crippen LogP contribution in [-0.2, 0) is 10.6 Å². The molecule has 3 rings (SSSR count). The molecule has 0 aromatic heterocycles. The quantitative estimate of drug-likeness (QED) is 0.437. The Morgan fingerprint density at radius 2 is 1.90 bits per heavy atom. The fourth-order valence-electron chi connectivity index (χ4n) is 2.99. The molecule has 1 N–H and O–H groups in total. The maximum Gasteiger partial charge on any atom is 0.219 e. The maximum atomic E-state index is 5.87. The van der Waals surface area contributed by atoms with Crippen molar-refractivity contribution in [3.05, 3.63) is 35.9 Å². The number of nitrogens with zero attached hydrogens (tertiary/aromatic N) is 1. The van der Waals surface area contributed by atoms with E-state index in [4.69, 9.17) is 4.84 Å². The highest BCUT2D eigenvalue weighted by atomic mass is 32.2. The lowest BCUT2D eigenvalue weighted by Crippen LogP contribution is -2.33. The molecule has 0 amide bonds. The zero-order valence-electron chi connectivity index (χ0n) is 12.2. The van der Waals surface area contributed by atoms with E-state index in [1.807, 2.05) is 4.47 Å². The van der Waals surface area contributed by atoms with Crippen LogP contribution in [0.5, 0.6) is 0 Å². The van der Waals surface area contributed by atoms with Crippen molar-refractivity contribution in [2.75, 3.05) is 0 Å². The van der Waals surface area contributed by atoms with Gasteiger partial charge in [-0.2, -0.15) is 0 Å². The van der Waals surface area contributed by atoms with Gasteiger partial charge in [0.15, 0.2) is 0 Å². The topological polar surface area (TPSA) is 27.6 Å². The molecular formula is C16H24N2OS. The highest BCUT2D eigenvalue weighted by Gasteiger charge is 2.67. The summed E-state index contributed by atoms with van der Waals surface area (Å²) >= 11 is 1.61. The molecular weight excluding hydrogens is 268 g/mol. The van der Waals surface area contributed by atoms with Gasteiger partial charge in [-0.25, -0.2) is 4.72 Å². The lowest BCUT2D eigenvalue weighted by atomic mass is 9.94. The number of fused-ring (bicyclic) bond motifs is 1.